The predicted molar refractivity (Wildman–Crippen MR) is 77.3 cm³/mol. The molecule has 1 fully saturated rings. The average molecular weight is 299 g/mol. The van der Waals surface area contributed by atoms with Crippen molar-refractivity contribution in [3.63, 3.8) is 0 Å². The summed E-state index contributed by atoms with van der Waals surface area (Å²) in [5, 5.41) is 0. The molecule has 1 aromatic carbocycles. The highest BCUT2D eigenvalue weighted by molar-refractivity contribution is 7.87. The summed E-state index contributed by atoms with van der Waals surface area (Å²) in [7, 11) is -3.50. The molecule has 0 saturated carbocycles. The van der Waals surface area contributed by atoms with Gasteiger partial charge in [0.1, 0.15) is 0 Å². The number of benzene rings is 1. The van der Waals surface area contributed by atoms with Crippen molar-refractivity contribution in [2.24, 2.45) is 5.73 Å². The van der Waals surface area contributed by atoms with Gasteiger partial charge in [0.2, 0.25) is 0 Å². The Morgan fingerprint density at radius 2 is 2.15 bits per heavy atom. The highest BCUT2D eigenvalue weighted by Crippen LogP contribution is 2.11. The standard InChI is InChI=1S/C13H21N3O3S/c1-11-10-16(7-8-19-11)20(17,18)15-9-13(14)12-5-3-2-4-6-12/h2-6,11,13,15H,7-10,14H2,1H3/t11-,13+/m0/s1. The minimum Gasteiger partial charge on any atom is -0.376 e. The van der Waals surface area contributed by atoms with E-state index in [1.54, 1.807) is 0 Å². The van der Waals surface area contributed by atoms with Crippen LogP contribution in [-0.4, -0.2) is 45.1 Å². The molecule has 2 rings (SSSR count). The fraction of sp³-hybridized carbons (Fsp3) is 0.538. The summed E-state index contributed by atoms with van der Waals surface area (Å²) >= 11 is 0. The molecule has 3 N–H and O–H groups in total. The minimum absolute atomic E-state index is 0.0804. The van der Waals surface area contributed by atoms with Crippen LogP contribution >= 0.6 is 0 Å². The molecule has 1 aromatic rings. The lowest BCUT2D eigenvalue weighted by Crippen LogP contribution is -2.50. The van der Waals surface area contributed by atoms with Crippen molar-refractivity contribution < 1.29 is 13.2 Å². The lowest BCUT2D eigenvalue weighted by atomic mass is 10.1. The first-order chi connectivity index (χ1) is 9.49. The van der Waals surface area contributed by atoms with E-state index in [1.165, 1.54) is 4.31 Å². The summed E-state index contributed by atoms with van der Waals surface area (Å²) in [4.78, 5) is 0. The molecular formula is C13H21N3O3S. The van der Waals surface area contributed by atoms with E-state index in [4.69, 9.17) is 10.5 Å². The molecule has 1 heterocycles. The highest BCUT2D eigenvalue weighted by Gasteiger charge is 2.27. The molecule has 0 bridgehead atoms. The van der Waals surface area contributed by atoms with Gasteiger partial charge in [-0.05, 0) is 12.5 Å². The second kappa shape index (κ2) is 6.64. The topological polar surface area (TPSA) is 84.7 Å². The molecule has 1 saturated heterocycles. The van der Waals surface area contributed by atoms with E-state index in [1.807, 2.05) is 37.3 Å². The fourth-order valence-electron chi connectivity index (χ4n) is 2.11. The molecule has 6 nitrogen and oxygen atoms in total. The van der Waals surface area contributed by atoms with E-state index in [-0.39, 0.29) is 18.7 Å². The Morgan fingerprint density at radius 3 is 2.80 bits per heavy atom. The lowest BCUT2D eigenvalue weighted by Gasteiger charge is -2.30. The second-order valence-electron chi connectivity index (χ2n) is 4.91. The summed E-state index contributed by atoms with van der Waals surface area (Å²) in [6, 6.07) is 9.08. The third-order valence-corrected chi connectivity index (χ3v) is 4.80. The number of ether oxygens (including phenoxy) is 1. The van der Waals surface area contributed by atoms with Crippen LogP contribution in [0.3, 0.4) is 0 Å². The molecule has 0 unspecified atom stereocenters. The molecule has 2 atom stereocenters. The van der Waals surface area contributed by atoms with Gasteiger partial charge in [0, 0.05) is 25.7 Å². The zero-order valence-corrected chi connectivity index (χ0v) is 12.3. The van der Waals surface area contributed by atoms with E-state index in [2.05, 4.69) is 4.72 Å². The Kier molecular flexibility index (Phi) is 5.11. The third-order valence-electron chi connectivity index (χ3n) is 3.26. The van der Waals surface area contributed by atoms with Gasteiger partial charge in [-0.25, -0.2) is 4.72 Å². The van der Waals surface area contributed by atoms with Crippen LogP contribution < -0.4 is 10.5 Å². The van der Waals surface area contributed by atoms with Crippen molar-refractivity contribution in [2.45, 2.75) is 19.1 Å². The molecule has 0 spiro atoms. The van der Waals surface area contributed by atoms with E-state index in [0.717, 1.165) is 5.56 Å². The number of hydrogen-bond donors (Lipinski definition) is 2. The molecule has 0 aromatic heterocycles. The Balaban J connectivity index is 1.92. The molecule has 20 heavy (non-hydrogen) atoms. The van der Waals surface area contributed by atoms with Gasteiger partial charge < -0.3 is 10.5 Å². The van der Waals surface area contributed by atoms with Gasteiger partial charge in [-0.2, -0.15) is 12.7 Å². The largest absolute Gasteiger partial charge is 0.376 e. The Labute approximate surface area is 120 Å². The van der Waals surface area contributed by atoms with Crippen LogP contribution in [-0.2, 0) is 14.9 Å². The Hall–Kier alpha value is -0.990. The SMILES string of the molecule is C[C@H]1CN(S(=O)(=O)NC[C@@H](N)c2ccccc2)CCO1. The zero-order chi connectivity index (χ0) is 14.6. The van der Waals surface area contributed by atoms with Crippen molar-refractivity contribution in [1.82, 2.24) is 9.03 Å². The van der Waals surface area contributed by atoms with Crippen LogP contribution in [0.1, 0.15) is 18.5 Å². The van der Waals surface area contributed by atoms with Crippen molar-refractivity contribution in [2.75, 3.05) is 26.2 Å². The number of nitrogens with zero attached hydrogens (tertiary/aromatic N) is 1. The van der Waals surface area contributed by atoms with Crippen LogP contribution in [0.25, 0.3) is 0 Å². The molecular weight excluding hydrogens is 278 g/mol. The summed E-state index contributed by atoms with van der Waals surface area (Å²) in [5.41, 5.74) is 6.90. The molecule has 7 heteroatoms. The molecule has 1 aliphatic heterocycles. The minimum atomic E-state index is -3.50. The van der Waals surface area contributed by atoms with Crippen molar-refractivity contribution >= 4 is 10.2 Å². The smallest absolute Gasteiger partial charge is 0.279 e. The van der Waals surface area contributed by atoms with Gasteiger partial charge in [-0.1, -0.05) is 30.3 Å². The summed E-state index contributed by atoms with van der Waals surface area (Å²) in [6.45, 7) is 3.21. The van der Waals surface area contributed by atoms with E-state index in [9.17, 15) is 8.42 Å². The first-order valence-electron chi connectivity index (χ1n) is 6.66. The van der Waals surface area contributed by atoms with Crippen LogP contribution in [0.5, 0.6) is 0 Å². The summed E-state index contributed by atoms with van der Waals surface area (Å²) in [6.07, 6.45) is -0.0804. The van der Waals surface area contributed by atoms with Crippen LogP contribution in [0.15, 0.2) is 30.3 Å². The van der Waals surface area contributed by atoms with Gasteiger partial charge in [0.15, 0.2) is 0 Å². The summed E-state index contributed by atoms with van der Waals surface area (Å²) in [5.74, 6) is 0. The first kappa shape index (κ1) is 15.4. The molecule has 0 radical (unpaired) electrons. The van der Waals surface area contributed by atoms with Crippen molar-refractivity contribution in [3.8, 4) is 0 Å². The number of nitrogens with two attached hydrogens (primary N) is 1. The average Bonchev–Trinajstić information content (AvgIpc) is 2.46. The van der Waals surface area contributed by atoms with Gasteiger partial charge >= 0.3 is 0 Å². The fourth-order valence-corrected chi connectivity index (χ4v) is 3.40. The van der Waals surface area contributed by atoms with E-state index < -0.39 is 10.2 Å². The molecule has 0 aliphatic carbocycles. The van der Waals surface area contributed by atoms with Crippen LogP contribution in [0.2, 0.25) is 0 Å². The zero-order valence-electron chi connectivity index (χ0n) is 11.5. The Morgan fingerprint density at radius 1 is 1.45 bits per heavy atom. The lowest BCUT2D eigenvalue weighted by molar-refractivity contribution is 0.00977. The maximum absolute atomic E-state index is 12.2. The van der Waals surface area contributed by atoms with Gasteiger partial charge in [0.25, 0.3) is 10.2 Å². The van der Waals surface area contributed by atoms with E-state index in [0.29, 0.717) is 19.7 Å². The molecule has 112 valence electrons. The highest BCUT2D eigenvalue weighted by atomic mass is 32.2. The molecule has 0 amide bonds. The van der Waals surface area contributed by atoms with Crippen molar-refractivity contribution in [3.05, 3.63) is 35.9 Å². The van der Waals surface area contributed by atoms with E-state index >= 15 is 0 Å². The van der Waals surface area contributed by atoms with Gasteiger partial charge in [-0.3, -0.25) is 0 Å². The first-order valence-corrected chi connectivity index (χ1v) is 8.10. The molecule has 1 aliphatic rings. The normalized spacial score (nSPS) is 22.6. The monoisotopic (exact) mass is 299 g/mol. The predicted octanol–water partition coefficient (Wildman–Crippen LogP) is 0.242. The number of rotatable bonds is 5. The second-order valence-corrected chi connectivity index (χ2v) is 6.67. The van der Waals surface area contributed by atoms with Crippen LogP contribution in [0.4, 0.5) is 0 Å². The maximum Gasteiger partial charge on any atom is 0.279 e. The Bertz CT molecular complexity index is 521. The van der Waals surface area contributed by atoms with Crippen LogP contribution in [0, 0.1) is 0 Å². The number of hydrogen-bond acceptors (Lipinski definition) is 4. The maximum atomic E-state index is 12.2. The van der Waals surface area contributed by atoms with Crippen molar-refractivity contribution in [1.29, 1.82) is 0 Å². The quantitative estimate of drug-likeness (QED) is 0.816. The summed E-state index contributed by atoms with van der Waals surface area (Å²) < 4.78 is 33.6. The number of morpholine rings is 1. The number of nitrogens with one attached hydrogen (secondary N) is 1. The van der Waals surface area contributed by atoms with Gasteiger partial charge in [-0.15, -0.1) is 0 Å². The van der Waals surface area contributed by atoms with Gasteiger partial charge in [0.05, 0.1) is 12.7 Å². The third kappa shape index (κ3) is 4.00.